The molecule has 5 nitrogen and oxygen atoms in total. The van der Waals surface area contributed by atoms with E-state index >= 15 is 0 Å². The SMILES string of the molecule is COc1cccc2ccc(CN3CCC4(CC3)CC(O)CN(C)C4)nc12. The molecule has 5 heteroatoms. The minimum atomic E-state index is -0.171. The van der Waals surface area contributed by atoms with Gasteiger partial charge in [-0.15, -0.1) is 0 Å². The monoisotopic (exact) mass is 355 g/mol. The molecule has 0 aliphatic carbocycles. The third-order valence-electron chi connectivity index (χ3n) is 6.06. The molecule has 2 aliphatic heterocycles. The van der Waals surface area contributed by atoms with Crippen LogP contribution in [0.25, 0.3) is 10.9 Å². The molecule has 3 heterocycles. The molecule has 0 radical (unpaired) electrons. The van der Waals surface area contributed by atoms with Gasteiger partial charge in [0.15, 0.2) is 0 Å². The number of methoxy groups -OCH3 is 1. The Morgan fingerprint density at radius 1 is 1.23 bits per heavy atom. The van der Waals surface area contributed by atoms with Crippen molar-refractivity contribution in [3.8, 4) is 5.75 Å². The number of nitrogens with zero attached hydrogens (tertiary/aromatic N) is 3. The van der Waals surface area contributed by atoms with Crippen molar-refractivity contribution in [2.45, 2.75) is 31.9 Å². The van der Waals surface area contributed by atoms with Gasteiger partial charge in [0.05, 0.1) is 18.9 Å². The molecule has 1 N–H and O–H groups in total. The number of para-hydroxylation sites is 1. The molecule has 140 valence electrons. The Morgan fingerprint density at radius 3 is 2.77 bits per heavy atom. The van der Waals surface area contributed by atoms with Crippen molar-refractivity contribution in [2.24, 2.45) is 5.41 Å². The van der Waals surface area contributed by atoms with E-state index in [1.165, 1.54) is 0 Å². The maximum atomic E-state index is 10.2. The van der Waals surface area contributed by atoms with E-state index in [1.54, 1.807) is 7.11 Å². The van der Waals surface area contributed by atoms with E-state index in [1.807, 2.05) is 12.1 Å². The number of likely N-dealkylation sites (tertiary alicyclic amines) is 2. The van der Waals surface area contributed by atoms with Gasteiger partial charge in [-0.25, -0.2) is 4.98 Å². The molecule has 26 heavy (non-hydrogen) atoms. The predicted molar refractivity (Wildman–Crippen MR) is 103 cm³/mol. The summed E-state index contributed by atoms with van der Waals surface area (Å²) in [5.74, 6) is 0.834. The van der Waals surface area contributed by atoms with Crippen LogP contribution in [0, 0.1) is 5.41 Å². The molecular formula is C21H29N3O2. The summed E-state index contributed by atoms with van der Waals surface area (Å²) in [4.78, 5) is 9.64. The van der Waals surface area contributed by atoms with Gasteiger partial charge in [0.25, 0.3) is 0 Å². The van der Waals surface area contributed by atoms with Crippen molar-refractivity contribution in [1.29, 1.82) is 0 Å². The van der Waals surface area contributed by atoms with Gasteiger partial charge in [0.1, 0.15) is 11.3 Å². The zero-order chi connectivity index (χ0) is 18.1. The zero-order valence-corrected chi connectivity index (χ0v) is 15.8. The molecule has 1 aromatic carbocycles. The molecule has 1 atom stereocenters. The second-order valence-corrected chi connectivity index (χ2v) is 8.17. The second-order valence-electron chi connectivity index (χ2n) is 8.17. The van der Waals surface area contributed by atoms with Crippen molar-refractivity contribution in [2.75, 3.05) is 40.3 Å². The number of pyridine rings is 1. The lowest BCUT2D eigenvalue weighted by atomic mass is 9.72. The van der Waals surface area contributed by atoms with Gasteiger partial charge >= 0.3 is 0 Å². The number of aromatic nitrogens is 1. The van der Waals surface area contributed by atoms with E-state index in [-0.39, 0.29) is 6.10 Å². The Morgan fingerprint density at radius 2 is 2.04 bits per heavy atom. The summed E-state index contributed by atoms with van der Waals surface area (Å²) in [7, 11) is 3.83. The lowest BCUT2D eigenvalue weighted by Gasteiger charge is -2.48. The first kappa shape index (κ1) is 17.7. The van der Waals surface area contributed by atoms with E-state index in [2.05, 4.69) is 35.0 Å². The van der Waals surface area contributed by atoms with Gasteiger partial charge < -0.3 is 14.7 Å². The maximum Gasteiger partial charge on any atom is 0.145 e. The molecule has 2 aliphatic rings. The summed E-state index contributed by atoms with van der Waals surface area (Å²) in [5, 5.41) is 11.3. The van der Waals surface area contributed by atoms with E-state index in [4.69, 9.17) is 9.72 Å². The van der Waals surface area contributed by atoms with E-state index in [0.29, 0.717) is 5.41 Å². The first-order valence-electron chi connectivity index (χ1n) is 9.59. The number of benzene rings is 1. The number of hydrogen-bond donors (Lipinski definition) is 1. The van der Waals surface area contributed by atoms with E-state index in [9.17, 15) is 5.11 Å². The van der Waals surface area contributed by atoms with Crippen LogP contribution in [-0.4, -0.2) is 66.3 Å². The number of aliphatic hydroxyl groups excluding tert-OH is 1. The number of piperidine rings is 2. The van der Waals surface area contributed by atoms with Gasteiger partial charge in [-0.1, -0.05) is 18.2 Å². The minimum absolute atomic E-state index is 0.171. The number of aliphatic hydroxyl groups is 1. The lowest BCUT2D eigenvalue weighted by molar-refractivity contribution is -0.0332. The van der Waals surface area contributed by atoms with E-state index in [0.717, 1.165) is 74.3 Å². The summed E-state index contributed by atoms with van der Waals surface area (Å²) in [6.07, 6.45) is 3.10. The molecule has 1 aromatic heterocycles. The summed E-state index contributed by atoms with van der Waals surface area (Å²) in [6, 6.07) is 10.3. The summed E-state index contributed by atoms with van der Waals surface area (Å²) in [6.45, 7) is 4.96. The molecule has 0 amide bonds. The fourth-order valence-corrected chi connectivity index (χ4v) is 4.82. The molecule has 0 saturated carbocycles. The van der Waals surface area contributed by atoms with Crippen LogP contribution in [0.3, 0.4) is 0 Å². The van der Waals surface area contributed by atoms with Crippen molar-refractivity contribution in [1.82, 2.24) is 14.8 Å². The fourth-order valence-electron chi connectivity index (χ4n) is 4.82. The van der Waals surface area contributed by atoms with Crippen LogP contribution in [0.15, 0.2) is 30.3 Å². The van der Waals surface area contributed by atoms with Gasteiger partial charge in [-0.3, -0.25) is 4.90 Å². The molecule has 2 aromatic rings. The Hall–Kier alpha value is -1.69. The number of β-amino-alcohol motifs (C(OH)–C–C–N with tert-alkyl or cyclic N) is 1. The number of ether oxygens (including phenoxy) is 1. The highest BCUT2D eigenvalue weighted by Crippen LogP contribution is 2.39. The van der Waals surface area contributed by atoms with Crippen LogP contribution in [0.1, 0.15) is 25.0 Å². The van der Waals surface area contributed by atoms with Crippen molar-refractivity contribution < 1.29 is 9.84 Å². The zero-order valence-electron chi connectivity index (χ0n) is 15.8. The van der Waals surface area contributed by atoms with Crippen LogP contribution in [0.2, 0.25) is 0 Å². The standard InChI is InChI=1S/C21H29N3O2/c1-23-14-18(25)12-21(15-23)8-10-24(11-9-21)13-17-7-6-16-4-3-5-19(26-2)20(16)22-17/h3-7,18,25H,8-15H2,1-2H3. The quantitative estimate of drug-likeness (QED) is 0.917. The Bertz CT molecular complexity index is 759. The number of fused-ring (bicyclic) bond motifs is 1. The van der Waals surface area contributed by atoms with Crippen molar-refractivity contribution >= 4 is 10.9 Å². The summed E-state index contributed by atoms with van der Waals surface area (Å²) >= 11 is 0. The predicted octanol–water partition coefficient (Wildman–Crippen LogP) is 2.52. The minimum Gasteiger partial charge on any atom is -0.494 e. The average molecular weight is 355 g/mol. The molecule has 0 bridgehead atoms. The molecule has 2 saturated heterocycles. The van der Waals surface area contributed by atoms with Crippen molar-refractivity contribution in [3.05, 3.63) is 36.0 Å². The molecular weight excluding hydrogens is 326 g/mol. The Balaban J connectivity index is 1.44. The first-order chi connectivity index (χ1) is 12.6. The smallest absolute Gasteiger partial charge is 0.145 e. The second kappa shape index (κ2) is 7.14. The largest absolute Gasteiger partial charge is 0.494 e. The number of hydrogen-bond acceptors (Lipinski definition) is 5. The van der Waals surface area contributed by atoms with Crippen LogP contribution in [0.5, 0.6) is 5.75 Å². The summed E-state index contributed by atoms with van der Waals surface area (Å²) in [5.41, 5.74) is 2.33. The first-order valence-corrected chi connectivity index (χ1v) is 9.59. The van der Waals surface area contributed by atoms with Gasteiger partial charge in [0, 0.05) is 25.0 Å². The molecule has 1 unspecified atom stereocenters. The third kappa shape index (κ3) is 3.56. The van der Waals surface area contributed by atoms with Crippen LogP contribution in [0.4, 0.5) is 0 Å². The maximum absolute atomic E-state index is 10.2. The molecule has 4 rings (SSSR count). The Labute approximate surface area is 155 Å². The topological polar surface area (TPSA) is 48.8 Å². The fraction of sp³-hybridized carbons (Fsp3) is 0.571. The average Bonchev–Trinajstić information content (AvgIpc) is 2.62. The number of likely N-dealkylation sites (N-methyl/N-ethyl adjacent to an activating group) is 1. The van der Waals surface area contributed by atoms with Crippen LogP contribution in [-0.2, 0) is 6.54 Å². The van der Waals surface area contributed by atoms with Crippen LogP contribution < -0.4 is 4.74 Å². The highest BCUT2D eigenvalue weighted by molar-refractivity contribution is 5.84. The highest BCUT2D eigenvalue weighted by Gasteiger charge is 2.40. The molecule has 2 fully saturated rings. The number of rotatable bonds is 3. The molecule has 1 spiro atoms. The van der Waals surface area contributed by atoms with Gasteiger partial charge in [0.2, 0.25) is 0 Å². The lowest BCUT2D eigenvalue weighted by Crippen LogP contribution is -2.52. The van der Waals surface area contributed by atoms with Gasteiger partial charge in [-0.05, 0) is 56.9 Å². The van der Waals surface area contributed by atoms with Gasteiger partial charge in [-0.2, -0.15) is 0 Å². The summed E-state index contributed by atoms with van der Waals surface area (Å²) < 4.78 is 5.46. The van der Waals surface area contributed by atoms with Crippen molar-refractivity contribution in [3.63, 3.8) is 0 Å². The normalized spacial score (nSPS) is 24.2. The third-order valence-corrected chi connectivity index (χ3v) is 6.06. The highest BCUT2D eigenvalue weighted by atomic mass is 16.5. The van der Waals surface area contributed by atoms with Crippen LogP contribution >= 0.6 is 0 Å². The Kier molecular flexibility index (Phi) is 4.86. The van der Waals surface area contributed by atoms with E-state index < -0.39 is 0 Å².